The summed E-state index contributed by atoms with van der Waals surface area (Å²) in [5, 5.41) is 24.5. The fourth-order valence-electron chi connectivity index (χ4n) is 2.68. The highest BCUT2D eigenvalue weighted by Gasteiger charge is 2.19. The van der Waals surface area contributed by atoms with Crippen molar-refractivity contribution >= 4 is 46.2 Å². The maximum atomic E-state index is 9.27. The molecule has 0 amide bonds. The number of hydrogen-bond donors (Lipinski definition) is 4. The lowest BCUT2D eigenvalue weighted by Gasteiger charge is -2.22. The summed E-state index contributed by atoms with van der Waals surface area (Å²) in [6.07, 6.45) is 2.84. The van der Waals surface area contributed by atoms with E-state index in [9.17, 15) is 5.26 Å². The molecule has 8 nitrogen and oxygen atoms in total. The van der Waals surface area contributed by atoms with E-state index in [0.29, 0.717) is 51.4 Å². The van der Waals surface area contributed by atoms with Crippen molar-refractivity contribution in [3.63, 3.8) is 0 Å². The summed E-state index contributed by atoms with van der Waals surface area (Å²) in [6.45, 7) is 5.82. The third kappa shape index (κ3) is 3.85. The minimum atomic E-state index is -0.783. The van der Waals surface area contributed by atoms with Crippen LogP contribution in [0.1, 0.15) is 26.3 Å². The zero-order chi connectivity index (χ0) is 20.3. The first-order valence-electron chi connectivity index (χ1n) is 8.66. The number of benzene rings is 1. The number of aromatic amines is 1. The van der Waals surface area contributed by atoms with Crippen molar-refractivity contribution < 1.29 is 4.74 Å². The Morgan fingerprint density at radius 2 is 2.11 bits per heavy atom. The van der Waals surface area contributed by atoms with Crippen LogP contribution in [0, 0.1) is 16.7 Å². The van der Waals surface area contributed by atoms with Gasteiger partial charge in [0, 0.05) is 23.7 Å². The molecule has 0 aliphatic carbocycles. The molecule has 28 heavy (non-hydrogen) atoms. The standard InChI is InChI=1S/C19H20ClN7O/c1-4-28-17-15-12(20)9-23-16(15)25-18(26-17)24-13-6-5-7-14(11(13)8-21)27-19(2,3)10-22/h5-9,21,27H,4H2,1-3H3,(H2,23,24,25,26). The van der Waals surface area contributed by atoms with E-state index in [-0.39, 0.29) is 0 Å². The van der Waals surface area contributed by atoms with Crippen LogP contribution in [0.15, 0.2) is 24.4 Å². The lowest BCUT2D eigenvalue weighted by atomic mass is 10.0. The number of nitrogens with zero attached hydrogens (tertiary/aromatic N) is 3. The van der Waals surface area contributed by atoms with Crippen molar-refractivity contribution in [1.82, 2.24) is 15.0 Å². The van der Waals surface area contributed by atoms with Gasteiger partial charge in [-0.1, -0.05) is 17.7 Å². The number of halogens is 1. The molecule has 9 heteroatoms. The molecule has 3 aromatic rings. The van der Waals surface area contributed by atoms with Crippen LogP contribution in [-0.2, 0) is 0 Å². The van der Waals surface area contributed by atoms with Crippen LogP contribution in [0.25, 0.3) is 11.0 Å². The second-order valence-electron chi connectivity index (χ2n) is 6.54. The van der Waals surface area contributed by atoms with Crippen LogP contribution >= 0.6 is 11.6 Å². The van der Waals surface area contributed by atoms with E-state index in [1.807, 2.05) is 19.1 Å². The summed E-state index contributed by atoms with van der Waals surface area (Å²) >= 11 is 6.19. The first kappa shape index (κ1) is 19.5. The van der Waals surface area contributed by atoms with E-state index in [0.717, 1.165) is 0 Å². The molecule has 0 spiro atoms. The molecule has 0 atom stereocenters. The number of ether oxygens (including phenoxy) is 1. The van der Waals surface area contributed by atoms with Crippen molar-refractivity contribution in [2.45, 2.75) is 26.3 Å². The third-order valence-corrected chi connectivity index (χ3v) is 4.25. The minimum Gasteiger partial charge on any atom is -0.477 e. The van der Waals surface area contributed by atoms with Crippen LogP contribution in [0.5, 0.6) is 5.88 Å². The number of anilines is 3. The molecule has 3 rings (SSSR count). The maximum absolute atomic E-state index is 9.27. The molecule has 2 aromatic heterocycles. The number of hydrogen-bond acceptors (Lipinski definition) is 7. The second-order valence-corrected chi connectivity index (χ2v) is 6.95. The Balaban J connectivity index is 2.02. The molecular formula is C19H20ClN7O. The van der Waals surface area contributed by atoms with Crippen LogP contribution in [0.3, 0.4) is 0 Å². The summed E-state index contributed by atoms with van der Waals surface area (Å²) < 4.78 is 5.61. The van der Waals surface area contributed by atoms with E-state index < -0.39 is 5.54 Å². The van der Waals surface area contributed by atoms with E-state index in [4.69, 9.17) is 21.7 Å². The quantitative estimate of drug-likeness (QED) is 0.436. The fraction of sp³-hybridized carbons (Fsp3) is 0.263. The average molecular weight is 398 g/mol. The van der Waals surface area contributed by atoms with E-state index in [1.165, 1.54) is 6.21 Å². The summed E-state index contributed by atoms with van der Waals surface area (Å²) in [5.41, 5.74) is 1.61. The Morgan fingerprint density at radius 1 is 1.36 bits per heavy atom. The van der Waals surface area contributed by atoms with Gasteiger partial charge in [0.1, 0.15) is 11.2 Å². The van der Waals surface area contributed by atoms with Gasteiger partial charge in [0.15, 0.2) is 0 Å². The molecule has 0 aliphatic rings. The van der Waals surface area contributed by atoms with Gasteiger partial charge in [-0.15, -0.1) is 0 Å². The summed E-state index contributed by atoms with van der Waals surface area (Å²) in [4.78, 5) is 11.9. The SMILES string of the molecule is CCOc1nc(Nc2cccc(NC(C)(C)C#N)c2C=N)nc2[nH]cc(Cl)c12. The molecule has 0 bridgehead atoms. The normalized spacial score (nSPS) is 11.1. The maximum Gasteiger partial charge on any atom is 0.232 e. The zero-order valence-electron chi connectivity index (χ0n) is 15.7. The van der Waals surface area contributed by atoms with Gasteiger partial charge in [-0.05, 0) is 32.9 Å². The van der Waals surface area contributed by atoms with Gasteiger partial charge in [-0.2, -0.15) is 15.2 Å². The van der Waals surface area contributed by atoms with Crippen LogP contribution in [0.4, 0.5) is 17.3 Å². The molecule has 1 aromatic carbocycles. The van der Waals surface area contributed by atoms with Crippen molar-refractivity contribution in [3.8, 4) is 11.9 Å². The van der Waals surface area contributed by atoms with Gasteiger partial charge < -0.3 is 25.8 Å². The molecule has 144 valence electrons. The number of nitrogens with one attached hydrogen (secondary N) is 4. The number of rotatable bonds is 7. The molecule has 4 N–H and O–H groups in total. The van der Waals surface area contributed by atoms with E-state index in [2.05, 4.69) is 31.7 Å². The molecular weight excluding hydrogens is 378 g/mol. The highest BCUT2D eigenvalue weighted by atomic mass is 35.5. The minimum absolute atomic E-state index is 0.300. The third-order valence-electron chi connectivity index (χ3n) is 3.95. The van der Waals surface area contributed by atoms with Gasteiger partial charge in [-0.3, -0.25) is 0 Å². The van der Waals surface area contributed by atoms with Crippen molar-refractivity contribution in [1.29, 1.82) is 10.7 Å². The Bertz CT molecular complexity index is 1070. The molecule has 2 heterocycles. The fourth-order valence-corrected chi connectivity index (χ4v) is 2.91. The summed E-state index contributed by atoms with van der Waals surface area (Å²) in [6, 6.07) is 7.62. The predicted molar refractivity (Wildman–Crippen MR) is 111 cm³/mol. The van der Waals surface area contributed by atoms with Crippen LogP contribution in [-0.4, -0.2) is 33.3 Å². The first-order chi connectivity index (χ1) is 13.4. The van der Waals surface area contributed by atoms with Gasteiger partial charge >= 0.3 is 0 Å². The second kappa shape index (κ2) is 7.74. The molecule has 0 radical (unpaired) electrons. The number of nitriles is 1. The molecule has 0 saturated heterocycles. The monoisotopic (exact) mass is 397 g/mol. The zero-order valence-corrected chi connectivity index (χ0v) is 16.5. The predicted octanol–water partition coefficient (Wildman–Crippen LogP) is 4.47. The van der Waals surface area contributed by atoms with Crippen molar-refractivity contribution in [2.24, 2.45) is 0 Å². The Hall–Kier alpha value is -3.31. The number of H-pyrrole nitrogens is 1. The van der Waals surface area contributed by atoms with Gasteiger partial charge in [-0.25, -0.2) is 0 Å². The highest BCUT2D eigenvalue weighted by molar-refractivity contribution is 6.35. The Morgan fingerprint density at radius 3 is 2.79 bits per heavy atom. The highest BCUT2D eigenvalue weighted by Crippen LogP contribution is 2.32. The molecule has 0 aliphatic heterocycles. The smallest absolute Gasteiger partial charge is 0.232 e. The molecule has 0 fully saturated rings. The van der Waals surface area contributed by atoms with Crippen molar-refractivity contribution in [2.75, 3.05) is 17.2 Å². The average Bonchev–Trinajstić information content (AvgIpc) is 3.03. The summed E-state index contributed by atoms with van der Waals surface area (Å²) in [7, 11) is 0. The molecule has 0 unspecified atom stereocenters. The van der Waals surface area contributed by atoms with Gasteiger partial charge in [0.2, 0.25) is 11.8 Å². The Labute approximate surface area is 167 Å². The van der Waals surface area contributed by atoms with E-state index >= 15 is 0 Å². The van der Waals surface area contributed by atoms with Gasteiger partial charge in [0.05, 0.1) is 28.8 Å². The number of fused-ring (bicyclic) bond motifs is 1. The van der Waals surface area contributed by atoms with Crippen LogP contribution in [0.2, 0.25) is 5.02 Å². The topological polar surface area (TPSA) is 122 Å². The van der Waals surface area contributed by atoms with Gasteiger partial charge in [0.25, 0.3) is 0 Å². The van der Waals surface area contributed by atoms with Crippen molar-refractivity contribution in [3.05, 3.63) is 35.0 Å². The Kier molecular flexibility index (Phi) is 5.38. The molecule has 0 saturated carbocycles. The first-order valence-corrected chi connectivity index (χ1v) is 9.03. The van der Waals surface area contributed by atoms with Crippen LogP contribution < -0.4 is 15.4 Å². The number of aromatic nitrogens is 3. The van der Waals surface area contributed by atoms with E-state index in [1.54, 1.807) is 26.1 Å². The summed E-state index contributed by atoms with van der Waals surface area (Å²) in [5.74, 6) is 0.673. The lowest BCUT2D eigenvalue weighted by molar-refractivity contribution is 0.331. The largest absolute Gasteiger partial charge is 0.477 e. The lowest BCUT2D eigenvalue weighted by Crippen LogP contribution is -2.29.